The van der Waals surface area contributed by atoms with Crippen molar-refractivity contribution in [3.8, 4) is 0 Å². The highest BCUT2D eigenvalue weighted by Gasteiger charge is 2.27. The summed E-state index contributed by atoms with van der Waals surface area (Å²) in [6.07, 6.45) is -0.112. The number of amides is 2. The molecule has 1 aliphatic rings. The van der Waals surface area contributed by atoms with Crippen LogP contribution in [0, 0.1) is 0 Å². The molecule has 1 heterocycles. The van der Waals surface area contributed by atoms with E-state index in [4.69, 9.17) is 14.6 Å². The minimum atomic E-state index is -1.22. The lowest BCUT2D eigenvalue weighted by molar-refractivity contribution is -0.163. The fourth-order valence-corrected chi connectivity index (χ4v) is 2.32. The predicted molar refractivity (Wildman–Crippen MR) is 82.0 cm³/mol. The van der Waals surface area contributed by atoms with Crippen molar-refractivity contribution >= 4 is 18.0 Å². The van der Waals surface area contributed by atoms with E-state index in [0.717, 1.165) is 0 Å². The summed E-state index contributed by atoms with van der Waals surface area (Å²) in [5.41, 5.74) is -0.538. The zero-order chi connectivity index (χ0) is 17.6. The molecule has 0 aromatic heterocycles. The number of carbonyl (C=O) groups excluding carboxylic acids is 2. The van der Waals surface area contributed by atoms with Crippen molar-refractivity contribution in [3.05, 3.63) is 0 Å². The quantitative estimate of drug-likeness (QED) is 0.728. The Hall–Kier alpha value is -1.83. The Bertz CT molecular complexity index is 438. The van der Waals surface area contributed by atoms with Crippen molar-refractivity contribution in [1.82, 2.24) is 10.2 Å². The second kappa shape index (κ2) is 8.14. The Labute approximate surface area is 136 Å². The molecule has 1 fully saturated rings. The van der Waals surface area contributed by atoms with Gasteiger partial charge in [-0.2, -0.15) is 0 Å². The Morgan fingerprint density at radius 1 is 1.26 bits per heavy atom. The zero-order valence-corrected chi connectivity index (χ0v) is 14.1. The van der Waals surface area contributed by atoms with Gasteiger partial charge >= 0.3 is 12.1 Å². The first-order chi connectivity index (χ1) is 10.6. The average Bonchev–Trinajstić information content (AvgIpc) is 2.42. The largest absolute Gasteiger partial charge is 0.465 e. The lowest BCUT2D eigenvalue weighted by atomic mass is 10.1. The van der Waals surface area contributed by atoms with Gasteiger partial charge in [-0.3, -0.25) is 4.79 Å². The van der Waals surface area contributed by atoms with Gasteiger partial charge in [0.05, 0.1) is 6.10 Å². The minimum Gasteiger partial charge on any atom is -0.465 e. The molecule has 8 nitrogen and oxygen atoms in total. The van der Waals surface area contributed by atoms with E-state index in [9.17, 15) is 14.4 Å². The number of piperidine rings is 1. The Kier molecular flexibility index (Phi) is 6.80. The van der Waals surface area contributed by atoms with Crippen molar-refractivity contribution in [3.63, 3.8) is 0 Å². The molecular weight excluding hydrogens is 304 g/mol. The number of esters is 1. The summed E-state index contributed by atoms with van der Waals surface area (Å²) >= 11 is 0. The Balaban J connectivity index is 2.31. The summed E-state index contributed by atoms with van der Waals surface area (Å²) in [6, 6.07) is -0.772. The molecule has 0 spiro atoms. The van der Waals surface area contributed by atoms with Crippen LogP contribution < -0.4 is 5.32 Å². The molecule has 8 heteroatoms. The molecule has 0 saturated carbocycles. The molecular formula is C15H26N2O6. The summed E-state index contributed by atoms with van der Waals surface area (Å²) in [4.78, 5) is 35.8. The topological polar surface area (TPSA) is 105 Å². The molecule has 1 rings (SSSR count). The van der Waals surface area contributed by atoms with E-state index < -0.39 is 23.7 Å². The standard InChI is InChI=1S/C15H26N2O6/c1-10(16-14(20)21)13(19)17-7-5-11(6-8-17)22-9-12(18)23-15(2,3)4/h10-11,16H,5-9H2,1-4H3,(H,20,21). The fraction of sp³-hybridized carbons (Fsp3) is 0.800. The van der Waals surface area contributed by atoms with E-state index in [0.29, 0.717) is 25.9 Å². The number of carboxylic acid groups (broad SMARTS) is 1. The highest BCUT2D eigenvalue weighted by atomic mass is 16.6. The van der Waals surface area contributed by atoms with Crippen LogP contribution in [-0.4, -0.2) is 65.4 Å². The van der Waals surface area contributed by atoms with Crippen LogP contribution in [0.2, 0.25) is 0 Å². The van der Waals surface area contributed by atoms with Gasteiger partial charge in [-0.05, 0) is 40.5 Å². The van der Waals surface area contributed by atoms with Gasteiger partial charge in [0, 0.05) is 13.1 Å². The summed E-state index contributed by atoms with van der Waals surface area (Å²) in [5, 5.41) is 10.8. The molecule has 1 atom stereocenters. The first kappa shape index (κ1) is 19.2. The summed E-state index contributed by atoms with van der Waals surface area (Å²) in [5.74, 6) is -0.659. The van der Waals surface area contributed by atoms with Gasteiger partial charge < -0.3 is 24.8 Å². The van der Waals surface area contributed by atoms with Crippen molar-refractivity contribution in [2.45, 2.75) is 58.3 Å². The third kappa shape index (κ3) is 7.32. The van der Waals surface area contributed by atoms with Crippen molar-refractivity contribution in [2.24, 2.45) is 0 Å². The van der Waals surface area contributed by atoms with E-state index in [1.165, 1.54) is 6.92 Å². The number of ether oxygens (including phenoxy) is 2. The number of hydrogen-bond acceptors (Lipinski definition) is 5. The van der Waals surface area contributed by atoms with Crippen molar-refractivity contribution in [2.75, 3.05) is 19.7 Å². The number of hydrogen-bond donors (Lipinski definition) is 2. The SMILES string of the molecule is CC(NC(=O)O)C(=O)N1CCC(OCC(=O)OC(C)(C)C)CC1. The van der Waals surface area contributed by atoms with E-state index in [1.807, 2.05) is 0 Å². The van der Waals surface area contributed by atoms with Crippen molar-refractivity contribution < 1.29 is 29.0 Å². The van der Waals surface area contributed by atoms with E-state index in [-0.39, 0.29) is 18.6 Å². The van der Waals surface area contributed by atoms with Crippen LogP contribution in [0.3, 0.4) is 0 Å². The minimum absolute atomic E-state index is 0.102. The van der Waals surface area contributed by atoms with Gasteiger partial charge in [-0.25, -0.2) is 9.59 Å². The van der Waals surface area contributed by atoms with Crippen LogP contribution in [0.25, 0.3) is 0 Å². The van der Waals surface area contributed by atoms with Gasteiger partial charge in [0.1, 0.15) is 18.2 Å². The molecule has 132 valence electrons. The van der Waals surface area contributed by atoms with Crippen LogP contribution in [0.1, 0.15) is 40.5 Å². The zero-order valence-electron chi connectivity index (χ0n) is 14.1. The second-order valence-corrected chi connectivity index (χ2v) is 6.59. The number of rotatable bonds is 5. The first-order valence-electron chi connectivity index (χ1n) is 7.70. The third-order valence-corrected chi connectivity index (χ3v) is 3.32. The smallest absolute Gasteiger partial charge is 0.405 e. The van der Waals surface area contributed by atoms with E-state index >= 15 is 0 Å². The molecule has 1 saturated heterocycles. The maximum absolute atomic E-state index is 12.0. The van der Waals surface area contributed by atoms with Gasteiger partial charge in [-0.15, -0.1) is 0 Å². The van der Waals surface area contributed by atoms with Crippen LogP contribution in [0.5, 0.6) is 0 Å². The summed E-state index contributed by atoms with van der Waals surface area (Å²) < 4.78 is 10.7. The molecule has 1 unspecified atom stereocenters. The van der Waals surface area contributed by atoms with Crippen LogP contribution in [-0.2, 0) is 19.1 Å². The Morgan fingerprint density at radius 3 is 2.30 bits per heavy atom. The molecule has 0 radical (unpaired) electrons. The van der Waals surface area contributed by atoms with Crippen LogP contribution in [0.15, 0.2) is 0 Å². The molecule has 0 aromatic carbocycles. The maximum Gasteiger partial charge on any atom is 0.405 e. The number of carbonyl (C=O) groups is 3. The van der Waals surface area contributed by atoms with E-state index in [2.05, 4.69) is 5.32 Å². The fourth-order valence-electron chi connectivity index (χ4n) is 2.32. The van der Waals surface area contributed by atoms with Gasteiger partial charge in [0.2, 0.25) is 5.91 Å². The third-order valence-electron chi connectivity index (χ3n) is 3.32. The number of nitrogens with zero attached hydrogens (tertiary/aromatic N) is 1. The summed E-state index contributed by atoms with van der Waals surface area (Å²) in [6.45, 7) is 7.74. The molecule has 1 aliphatic heterocycles. The van der Waals surface area contributed by atoms with Gasteiger partial charge in [0.25, 0.3) is 0 Å². The van der Waals surface area contributed by atoms with Crippen molar-refractivity contribution in [1.29, 1.82) is 0 Å². The van der Waals surface area contributed by atoms with Gasteiger partial charge in [-0.1, -0.05) is 0 Å². The molecule has 0 bridgehead atoms. The highest BCUT2D eigenvalue weighted by Crippen LogP contribution is 2.15. The second-order valence-electron chi connectivity index (χ2n) is 6.59. The number of nitrogens with one attached hydrogen (secondary N) is 1. The highest BCUT2D eigenvalue weighted by molar-refractivity contribution is 5.84. The molecule has 23 heavy (non-hydrogen) atoms. The maximum atomic E-state index is 12.0. The first-order valence-corrected chi connectivity index (χ1v) is 7.70. The van der Waals surface area contributed by atoms with E-state index in [1.54, 1.807) is 25.7 Å². The lowest BCUT2D eigenvalue weighted by Gasteiger charge is -2.33. The lowest BCUT2D eigenvalue weighted by Crippen LogP contribution is -2.50. The monoisotopic (exact) mass is 330 g/mol. The molecule has 0 aliphatic carbocycles. The molecule has 0 aromatic rings. The average molecular weight is 330 g/mol. The predicted octanol–water partition coefficient (Wildman–Crippen LogP) is 0.992. The molecule has 2 amide bonds. The Morgan fingerprint density at radius 2 is 1.83 bits per heavy atom. The van der Waals surface area contributed by atoms with Crippen LogP contribution in [0.4, 0.5) is 4.79 Å². The summed E-state index contributed by atoms with van der Waals surface area (Å²) in [7, 11) is 0. The number of likely N-dealkylation sites (tertiary alicyclic amines) is 1. The normalized spacial score (nSPS) is 17.5. The van der Waals surface area contributed by atoms with Crippen LogP contribution >= 0.6 is 0 Å². The van der Waals surface area contributed by atoms with Gasteiger partial charge in [0.15, 0.2) is 0 Å². The molecule has 2 N–H and O–H groups in total.